The van der Waals surface area contributed by atoms with Crippen molar-refractivity contribution in [1.29, 1.82) is 0 Å². The first-order valence-corrected chi connectivity index (χ1v) is 8.40. The molecule has 0 spiro atoms. The van der Waals surface area contributed by atoms with Crippen molar-refractivity contribution in [2.24, 2.45) is 0 Å². The summed E-state index contributed by atoms with van der Waals surface area (Å²) in [6.45, 7) is 10.4. The van der Waals surface area contributed by atoms with Crippen LogP contribution in [0.4, 0.5) is 5.13 Å². The zero-order chi connectivity index (χ0) is 14.7. The van der Waals surface area contributed by atoms with Gasteiger partial charge in [0, 0.05) is 6.54 Å². The topological polar surface area (TPSA) is 45.6 Å². The third-order valence-corrected chi connectivity index (χ3v) is 5.22. The Bertz CT molecular complexity index is 436. The molecule has 20 heavy (non-hydrogen) atoms. The van der Waals surface area contributed by atoms with Crippen LogP contribution in [0.25, 0.3) is 0 Å². The lowest BCUT2D eigenvalue weighted by atomic mass is 10.0. The molecule has 1 aliphatic rings. The zero-order valence-corrected chi connectivity index (χ0v) is 13.7. The Morgan fingerprint density at radius 2 is 2.25 bits per heavy atom. The molecule has 0 saturated carbocycles. The Morgan fingerprint density at radius 3 is 2.85 bits per heavy atom. The van der Waals surface area contributed by atoms with Gasteiger partial charge in [-0.1, -0.05) is 32.1 Å². The van der Waals surface area contributed by atoms with Gasteiger partial charge in [-0.25, -0.2) is 4.98 Å². The molecule has 0 aromatic carbocycles. The van der Waals surface area contributed by atoms with E-state index in [1.165, 1.54) is 0 Å². The van der Waals surface area contributed by atoms with Crippen molar-refractivity contribution in [2.75, 3.05) is 18.1 Å². The zero-order valence-electron chi connectivity index (χ0n) is 12.9. The van der Waals surface area contributed by atoms with Gasteiger partial charge < -0.3 is 14.7 Å². The number of nitrogens with zero attached hydrogens (tertiary/aromatic N) is 2. The van der Waals surface area contributed by atoms with Gasteiger partial charge in [-0.3, -0.25) is 0 Å². The normalized spacial score (nSPS) is 24.9. The van der Waals surface area contributed by atoms with Crippen LogP contribution >= 0.6 is 11.3 Å². The van der Waals surface area contributed by atoms with Crippen LogP contribution in [-0.4, -0.2) is 35.4 Å². The van der Waals surface area contributed by atoms with E-state index in [0.717, 1.165) is 41.7 Å². The van der Waals surface area contributed by atoms with E-state index in [2.05, 4.69) is 32.6 Å². The lowest BCUT2D eigenvalue weighted by molar-refractivity contribution is 0.0299. The fourth-order valence-electron chi connectivity index (χ4n) is 2.58. The molecule has 1 fully saturated rings. The number of ether oxygens (including phenoxy) is 1. The molecule has 0 bridgehead atoms. The van der Waals surface area contributed by atoms with Crippen molar-refractivity contribution >= 4 is 16.5 Å². The third-order valence-electron chi connectivity index (χ3n) is 4.12. The minimum absolute atomic E-state index is 0.0913. The van der Waals surface area contributed by atoms with Crippen LogP contribution in [0.1, 0.15) is 57.0 Å². The van der Waals surface area contributed by atoms with Crippen LogP contribution in [-0.2, 0) is 11.3 Å². The first-order valence-electron chi connectivity index (χ1n) is 7.59. The Labute approximate surface area is 125 Å². The maximum absolute atomic E-state index is 9.58. The van der Waals surface area contributed by atoms with Gasteiger partial charge in [0.1, 0.15) is 0 Å². The SMILES string of the molecule is CCC(C)c1nc(N2CC(C)OCC2CC)sc1CO. The smallest absolute Gasteiger partial charge is 0.186 e. The lowest BCUT2D eigenvalue weighted by Crippen LogP contribution is -2.48. The highest BCUT2D eigenvalue weighted by atomic mass is 32.1. The molecule has 1 aliphatic heterocycles. The van der Waals surface area contributed by atoms with Gasteiger partial charge in [0.15, 0.2) is 5.13 Å². The van der Waals surface area contributed by atoms with Crippen molar-refractivity contribution in [3.63, 3.8) is 0 Å². The lowest BCUT2D eigenvalue weighted by Gasteiger charge is -2.38. The molecule has 0 radical (unpaired) electrons. The van der Waals surface area contributed by atoms with E-state index in [-0.39, 0.29) is 12.7 Å². The van der Waals surface area contributed by atoms with Gasteiger partial charge in [-0.15, -0.1) is 0 Å². The molecule has 0 amide bonds. The van der Waals surface area contributed by atoms with Crippen molar-refractivity contribution < 1.29 is 9.84 Å². The summed E-state index contributed by atoms with van der Waals surface area (Å²) in [5.74, 6) is 0.403. The second-order valence-electron chi connectivity index (χ2n) is 5.63. The molecule has 4 nitrogen and oxygen atoms in total. The highest BCUT2D eigenvalue weighted by molar-refractivity contribution is 7.15. The molecular weight excluding hydrogens is 272 g/mol. The first-order chi connectivity index (χ1) is 9.60. The van der Waals surface area contributed by atoms with E-state index in [1.54, 1.807) is 11.3 Å². The Balaban J connectivity index is 2.28. The Morgan fingerprint density at radius 1 is 1.50 bits per heavy atom. The monoisotopic (exact) mass is 298 g/mol. The molecule has 0 aliphatic carbocycles. The standard InChI is InChI=1S/C15H26N2O2S/c1-5-10(3)14-13(8-18)20-15(16-14)17-7-11(4)19-9-12(17)6-2/h10-12,18H,5-9H2,1-4H3. The van der Waals surface area contributed by atoms with E-state index >= 15 is 0 Å². The summed E-state index contributed by atoms with van der Waals surface area (Å²) >= 11 is 1.64. The van der Waals surface area contributed by atoms with Crippen LogP contribution < -0.4 is 4.90 Å². The quantitative estimate of drug-likeness (QED) is 0.907. The largest absolute Gasteiger partial charge is 0.391 e. The van der Waals surface area contributed by atoms with Gasteiger partial charge in [0.05, 0.1) is 35.9 Å². The first kappa shape index (κ1) is 15.7. The molecular formula is C15H26N2O2S. The molecule has 3 atom stereocenters. The second kappa shape index (κ2) is 6.87. The van der Waals surface area contributed by atoms with Gasteiger partial charge in [-0.05, 0) is 25.7 Å². The highest BCUT2D eigenvalue weighted by Gasteiger charge is 2.29. The average molecular weight is 298 g/mol. The van der Waals surface area contributed by atoms with Crippen LogP contribution in [0.2, 0.25) is 0 Å². The number of aromatic nitrogens is 1. The fourth-order valence-corrected chi connectivity index (χ4v) is 3.70. The number of aliphatic hydroxyl groups excluding tert-OH is 1. The number of thiazole rings is 1. The number of rotatable bonds is 5. The molecule has 2 rings (SSSR count). The van der Waals surface area contributed by atoms with E-state index in [9.17, 15) is 5.11 Å². The van der Waals surface area contributed by atoms with Crippen molar-refractivity contribution in [3.05, 3.63) is 10.6 Å². The number of morpholine rings is 1. The molecule has 2 heterocycles. The Kier molecular flexibility index (Phi) is 5.41. The minimum Gasteiger partial charge on any atom is -0.391 e. The van der Waals surface area contributed by atoms with Gasteiger partial charge in [0.2, 0.25) is 0 Å². The summed E-state index contributed by atoms with van der Waals surface area (Å²) in [7, 11) is 0. The summed E-state index contributed by atoms with van der Waals surface area (Å²) in [4.78, 5) is 8.22. The summed E-state index contributed by atoms with van der Waals surface area (Å²) in [6.07, 6.45) is 2.35. The molecule has 1 saturated heterocycles. The maximum Gasteiger partial charge on any atom is 0.186 e. The van der Waals surface area contributed by atoms with Gasteiger partial charge in [0.25, 0.3) is 0 Å². The molecule has 5 heteroatoms. The maximum atomic E-state index is 9.58. The number of aliphatic hydroxyl groups is 1. The molecule has 3 unspecified atom stereocenters. The summed E-state index contributed by atoms with van der Waals surface area (Å²) in [5, 5.41) is 10.6. The average Bonchev–Trinajstić information content (AvgIpc) is 2.90. The third kappa shape index (κ3) is 3.15. The van der Waals surface area contributed by atoms with Crippen LogP contribution in [0.3, 0.4) is 0 Å². The number of hydrogen-bond acceptors (Lipinski definition) is 5. The Hall–Kier alpha value is -0.650. The summed E-state index contributed by atoms with van der Waals surface area (Å²) in [6, 6.07) is 0.397. The van der Waals surface area contributed by atoms with Crippen molar-refractivity contribution in [3.8, 4) is 0 Å². The summed E-state index contributed by atoms with van der Waals surface area (Å²) < 4.78 is 5.75. The number of hydrogen-bond donors (Lipinski definition) is 1. The van der Waals surface area contributed by atoms with Crippen LogP contribution in [0.15, 0.2) is 0 Å². The van der Waals surface area contributed by atoms with Gasteiger partial charge >= 0.3 is 0 Å². The molecule has 114 valence electrons. The molecule has 1 aromatic heterocycles. The van der Waals surface area contributed by atoms with E-state index in [4.69, 9.17) is 9.72 Å². The predicted octanol–water partition coefficient (Wildman–Crippen LogP) is 3.15. The molecule has 1 N–H and O–H groups in total. The van der Waals surface area contributed by atoms with Gasteiger partial charge in [-0.2, -0.15) is 0 Å². The van der Waals surface area contributed by atoms with E-state index in [1.807, 2.05) is 0 Å². The predicted molar refractivity (Wildman–Crippen MR) is 83.6 cm³/mol. The van der Waals surface area contributed by atoms with Crippen LogP contribution in [0, 0.1) is 0 Å². The summed E-state index contributed by atoms with van der Waals surface area (Å²) in [5.41, 5.74) is 1.07. The van der Waals surface area contributed by atoms with Crippen LogP contribution in [0.5, 0.6) is 0 Å². The van der Waals surface area contributed by atoms with E-state index < -0.39 is 0 Å². The van der Waals surface area contributed by atoms with Crippen molar-refractivity contribution in [1.82, 2.24) is 4.98 Å². The highest BCUT2D eigenvalue weighted by Crippen LogP contribution is 2.34. The van der Waals surface area contributed by atoms with Crippen molar-refractivity contribution in [2.45, 2.75) is 65.2 Å². The van der Waals surface area contributed by atoms with E-state index in [0.29, 0.717) is 12.0 Å². The molecule has 1 aromatic rings. The number of anilines is 1. The minimum atomic E-state index is 0.0913. The fraction of sp³-hybridized carbons (Fsp3) is 0.800. The second-order valence-corrected chi connectivity index (χ2v) is 6.69.